The van der Waals surface area contributed by atoms with Gasteiger partial charge in [-0.2, -0.15) is 9.46 Å². The second-order valence-corrected chi connectivity index (χ2v) is 10.8. The van der Waals surface area contributed by atoms with Gasteiger partial charge >= 0.3 is 0 Å². The Morgan fingerprint density at radius 2 is 2.19 bits per heavy atom. The van der Waals surface area contributed by atoms with Gasteiger partial charge < -0.3 is 14.6 Å². The van der Waals surface area contributed by atoms with Gasteiger partial charge in [-0.15, -0.1) is 0 Å². The van der Waals surface area contributed by atoms with Crippen molar-refractivity contribution in [2.24, 2.45) is 4.36 Å². The first kappa shape index (κ1) is 21.7. The van der Waals surface area contributed by atoms with Crippen molar-refractivity contribution in [3.8, 4) is 0 Å². The molecular formula is C20H27N5O5S. The lowest BCUT2D eigenvalue weighted by Crippen LogP contribution is -2.51. The van der Waals surface area contributed by atoms with E-state index in [0.29, 0.717) is 56.0 Å². The minimum Gasteiger partial charge on any atom is -0.375 e. The first-order valence-corrected chi connectivity index (χ1v) is 12.3. The van der Waals surface area contributed by atoms with E-state index in [0.717, 1.165) is 0 Å². The van der Waals surface area contributed by atoms with Crippen molar-refractivity contribution in [3.63, 3.8) is 0 Å². The number of nitrogens with one attached hydrogen (secondary N) is 1. The van der Waals surface area contributed by atoms with E-state index < -0.39 is 15.3 Å². The zero-order valence-electron chi connectivity index (χ0n) is 17.5. The van der Waals surface area contributed by atoms with Gasteiger partial charge in [0.2, 0.25) is 5.76 Å². The van der Waals surface area contributed by atoms with Crippen molar-refractivity contribution in [2.75, 3.05) is 18.1 Å². The molecule has 1 unspecified atom stereocenters. The Kier molecular flexibility index (Phi) is 6.24. The summed E-state index contributed by atoms with van der Waals surface area (Å²) < 4.78 is 29.9. The molecule has 168 valence electrons. The normalized spacial score (nSPS) is 28.4. The lowest BCUT2D eigenvalue weighted by atomic mass is 9.85. The molecule has 2 saturated heterocycles. The Morgan fingerprint density at radius 1 is 1.39 bits per heavy atom. The molecule has 2 aromatic heterocycles. The molecule has 0 aliphatic carbocycles. The van der Waals surface area contributed by atoms with Gasteiger partial charge in [-0.1, -0.05) is 5.16 Å². The van der Waals surface area contributed by atoms with Gasteiger partial charge in [0.1, 0.15) is 0 Å². The SMILES string of the molecule is Cc1cc(C(=O)NC2CCOC3(CCS(=O)(=NC(=O)CCn4cccn4)CC3)C2)on1. The van der Waals surface area contributed by atoms with E-state index in [-0.39, 0.29) is 30.0 Å². The number of carbonyl (C=O) groups excluding carboxylic acids is 2. The molecule has 2 amide bonds. The molecule has 2 aromatic rings. The largest absolute Gasteiger partial charge is 0.375 e. The summed E-state index contributed by atoms with van der Waals surface area (Å²) in [5.74, 6) is 0.191. The topological polar surface area (TPSA) is 129 Å². The molecule has 31 heavy (non-hydrogen) atoms. The third kappa shape index (κ3) is 5.40. The Hall–Kier alpha value is -2.53. The van der Waals surface area contributed by atoms with Gasteiger partial charge in [-0.3, -0.25) is 14.3 Å². The molecule has 1 atom stereocenters. The summed E-state index contributed by atoms with van der Waals surface area (Å²) in [5, 5.41) is 10.8. The number of hydrogen-bond donors (Lipinski definition) is 1. The van der Waals surface area contributed by atoms with Crippen LogP contribution >= 0.6 is 0 Å². The summed E-state index contributed by atoms with van der Waals surface area (Å²) in [6.07, 6.45) is 6.03. The summed E-state index contributed by atoms with van der Waals surface area (Å²) in [7, 11) is -2.58. The number of rotatable bonds is 5. The van der Waals surface area contributed by atoms with Crippen molar-refractivity contribution in [1.82, 2.24) is 20.3 Å². The predicted molar refractivity (Wildman–Crippen MR) is 112 cm³/mol. The highest BCUT2D eigenvalue weighted by atomic mass is 32.2. The number of amides is 2. The summed E-state index contributed by atoms with van der Waals surface area (Å²) in [6.45, 7) is 2.70. The fourth-order valence-electron chi connectivity index (χ4n) is 4.11. The molecule has 0 aromatic carbocycles. The van der Waals surface area contributed by atoms with E-state index in [2.05, 4.69) is 19.9 Å². The van der Waals surface area contributed by atoms with Gasteiger partial charge in [0.05, 0.1) is 21.0 Å². The molecule has 0 radical (unpaired) electrons. The highest BCUT2D eigenvalue weighted by molar-refractivity contribution is 7.93. The maximum atomic E-state index is 13.1. The fraction of sp³-hybridized carbons (Fsp3) is 0.600. The molecule has 2 fully saturated rings. The molecule has 2 aliphatic heterocycles. The predicted octanol–water partition coefficient (Wildman–Crippen LogP) is 1.71. The second-order valence-electron chi connectivity index (χ2n) is 8.21. The Balaban J connectivity index is 1.32. The van der Waals surface area contributed by atoms with Crippen LogP contribution in [0.4, 0.5) is 0 Å². The first-order valence-electron chi connectivity index (χ1n) is 10.5. The Morgan fingerprint density at radius 3 is 2.87 bits per heavy atom. The van der Waals surface area contributed by atoms with Crippen LogP contribution in [0.3, 0.4) is 0 Å². The molecular weight excluding hydrogens is 422 g/mol. The van der Waals surface area contributed by atoms with Crippen molar-refractivity contribution in [3.05, 3.63) is 36.0 Å². The number of ether oxygens (including phenoxy) is 1. The van der Waals surface area contributed by atoms with E-state index in [1.54, 1.807) is 36.1 Å². The highest BCUT2D eigenvalue weighted by Gasteiger charge is 2.42. The summed E-state index contributed by atoms with van der Waals surface area (Å²) >= 11 is 0. The van der Waals surface area contributed by atoms with Gasteiger partial charge in [-0.05, 0) is 38.7 Å². The number of aryl methyl sites for hydroxylation is 2. The molecule has 10 nitrogen and oxygen atoms in total. The van der Waals surface area contributed by atoms with Crippen molar-refractivity contribution in [2.45, 2.75) is 57.2 Å². The standard InChI is InChI=1S/C20H27N5O5S/c1-15-13-17(30-23-15)19(27)22-16-4-10-29-20(14-16)5-11-31(28,12-6-20)24-18(26)3-9-25-8-2-7-21-25/h2,7-8,13,16H,3-6,9-12,14H2,1H3,(H,22,27). The van der Waals surface area contributed by atoms with Crippen LogP contribution in [0.1, 0.15) is 48.4 Å². The third-order valence-electron chi connectivity index (χ3n) is 5.82. The zero-order chi connectivity index (χ0) is 21.9. The summed E-state index contributed by atoms with van der Waals surface area (Å²) in [5.41, 5.74) is 0.209. The zero-order valence-corrected chi connectivity index (χ0v) is 18.3. The smallest absolute Gasteiger partial charge is 0.290 e. The van der Waals surface area contributed by atoms with Gasteiger partial charge in [-0.25, -0.2) is 4.21 Å². The van der Waals surface area contributed by atoms with E-state index in [1.807, 2.05) is 0 Å². The van der Waals surface area contributed by atoms with Crippen LogP contribution in [0, 0.1) is 6.92 Å². The Labute approximate surface area is 180 Å². The first-order chi connectivity index (χ1) is 14.8. The number of nitrogens with zero attached hydrogens (tertiary/aromatic N) is 4. The minimum absolute atomic E-state index is 0.0616. The van der Waals surface area contributed by atoms with Crippen molar-refractivity contribution in [1.29, 1.82) is 0 Å². The maximum Gasteiger partial charge on any atom is 0.290 e. The van der Waals surface area contributed by atoms with E-state index in [1.165, 1.54) is 0 Å². The van der Waals surface area contributed by atoms with E-state index >= 15 is 0 Å². The third-order valence-corrected chi connectivity index (χ3v) is 8.04. The average Bonchev–Trinajstić information content (AvgIpc) is 3.41. The Bertz CT molecular complexity index is 1040. The fourth-order valence-corrected chi connectivity index (χ4v) is 6.34. The van der Waals surface area contributed by atoms with Crippen LogP contribution in [-0.2, 0) is 25.8 Å². The average molecular weight is 450 g/mol. The number of aromatic nitrogens is 3. The molecule has 4 heterocycles. The highest BCUT2D eigenvalue weighted by Crippen LogP contribution is 2.36. The summed E-state index contributed by atoms with van der Waals surface area (Å²) in [6, 6.07) is 3.33. The summed E-state index contributed by atoms with van der Waals surface area (Å²) in [4.78, 5) is 24.6. The van der Waals surface area contributed by atoms with Crippen LogP contribution in [0.15, 0.2) is 33.4 Å². The molecule has 11 heteroatoms. The van der Waals surface area contributed by atoms with Crippen LogP contribution < -0.4 is 5.32 Å². The molecule has 1 spiro atoms. The maximum absolute atomic E-state index is 13.1. The van der Waals surface area contributed by atoms with Crippen LogP contribution in [0.2, 0.25) is 0 Å². The van der Waals surface area contributed by atoms with Crippen LogP contribution in [0.5, 0.6) is 0 Å². The van der Waals surface area contributed by atoms with Crippen LogP contribution in [-0.4, -0.2) is 60.7 Å². The molecule has 2 aliphatic rings. The van der Waals surface area contributed by atoms with Gasteiger partial charge in [0, 0.05) is 55.6 Å². The molecule has 0 saturated carbocycles. The molecule has 0 bridgehead atoms. The lowest BCUT2D eigenvalue weighted by Gasteiger charge is -2.44. The van der Waals surface area contributed by atoms with E-state index in [4.69, 9.17) is 9.26 Å². The minimum atomic E-state index is -2.58. The number of hydrogen-bond acceptors (Lipinski definition) is 7. The molecule has 1 N–H and O–H groups in total. The van der Waals surface area contributed by atoms with Crippen molar-refractivity contribution < 1.29 is 23.1 Å². The molecule has 4 rings (SSSR count). The van der Waals surface area contributed by atoms with Crippen molar-refractivity contribution >= 4 is 21.5 Å². The van der Waals surface area contributed by atoms with E-state index in [9.17, 15) is 13.8 Å². The number of carbonyl (C=O) groups is 2. The lowest BCUT2D eigenvalue weighted by molar-refractivity contribution is -0.118. The second kappa shape index (κ2) is 8.91. The quantitative estimate of drug-likeness (QED) is 0.736. The van der Waals surface area contributed by atoms with Gasteiger partial charge in [0.15, 0.2) is 0 Å². The van der Waals surface area contributed by atoms with Crippen LogP contribution in [0.25, 0.3) is 0 Å². The monoisotopic (exact) mass is 449 g/mol. The van der Waals surface area contributed by atoms with Gasteiger partial charge in [0.25, 0.3) is 11.8 Å².